The fraction of sp³-hybridized carbons (Fsp3) is 0.211. The monoisotopic (exact) mass is 353 g/mol. The van der Waals surface area contributed by atoms with E-state index in [0.29, 0.717) is 34.8 Å². The number of amides is 1. The first-order chi connectivity index (χ1) is 12.6. The van der Waals surface area contributed by atoms with E-state index in [4.69, 9.17) is 9.47 Å². The average Bonchev–Trinajstić information content (AvgIpc) is 2.67. The van der Waals surface area contributed by atoms with Crippen molar-refractivity contribution in [3.05, 3.63) is 58.5 Å². The molecule has 0 aliphatic heterocycles. The smallest absolute Gasteiger partial charge is 0.282 e. The minimum atomic E-state index is -0.574. The molecule has 26 heavy (non-hydrogen) atoms. The van der Waals surface area contributed by atoms with Gasteiger partial charge in [0, 0.05) is 18.3 Å². The molecule has 0 saturated carbocycles. The molecule has 0 unspecified atom stereocenters. The van der Waals surface area contributed by atoms with Crippen LogP contribution in [0.4, 0.5) is 5.69 Å². The summed E-state index contributed by atoms with van der Waals surface area (Å²) in [6.45, 7) is 2.29. The lowest BCUT2D eigenvalue weighted by atomic mass is 10.2. The zero-order chi connectivity index (χ0) is 18.7. The maximum absolute atomic E-state index is 12.7. The molecule has 0 saturated heterocycles. The summed E-state index contributed by atoms with van der Waals surface area (Å²) in [6.07, 6.45) is 0. The second kappa shape index (κ2) is 7.26. The molecule has 0 aliphatic carbocycles. The van der Waals surface area contributed by atoms with Gasteiger partial charge in [0.25, 0.3) is 11.5 Å². The van der Waals surface area contributed by atoms with Crippen molar-refractivity contribution in [1.82, 2.24) is 9.55 Å². The zero-order valence-corrected chi connectivity index (χ0v) is 14.8. The molecule has 1 aromatic heterocycles. The largest absolute Gasteiger partial charge is 0.493 e. The number of nitrogens with one attached hydrogen (secondary N) is 1. The number of aromatic nitrogens is 2. The fourth-order valence-corrected chi connectivity index (χ4v) is 2.76. The Kier molecular flexibility index (Phi) is 4.88. The number of aryl methyl sites for hydroxylation is 1. The topological polar surface area (TPSA) is 82.5 Å². The predicted octanol–water partition coefficient (Wildman–Crippen LogP) is 2.69. The van der Waals surface area contributed by atoms with E-state index < -0.39 is 11.5 Å². The number of ether oxygens (including phenoxy) is 2. The summed E-state index contributed by atoms with van der Waals surface area (Å²) in [7, 11) is 3.04. The van der Waals surface area contributed by atoms with Crippen LogP contribution in [0.15, 0.2) is 47.3 Å². The van der Waals surface area contributed by atoms with Crippen LogP contribution < -0.4 is 20.3 Å². The number of hydrogen-bond acceptors (Lipinski definition) is 5. The maximum atomic E-state index is 12.7. The third kappa shape index (κ3) is 3.11. The molecule has 1 amide bonds. The number of nitrogens with zero attached hydrogens (tertiary/aromatic N) is 2. The van der Waals surface area contributed by atoms with E-state index in [1.165, 1.54) is 18.8 Å². The quantitative estimate of drug-likeness (QED) is 0.762. The van der Waals surface area contributed by atoms with Crippen molar-refractivity contribution in [1.29, 1.82) is 0 Å². The summed E-state index contributed by atoms with van der Waals surface area (Å²) >= 11 is 0. The summed E-state index contributed by atoms with van der Waals surface area (Å²) in [5.41, 5.74) is 1.18. The van der Waals surface area contributed by atoms with Gasteiger partial charge in [-0.1, -0.05) is 12.1 Å². The van der Waals surface area contributed by atoms with Crippen molar-refractivity contribution < 1.29 is 14.3 Å². The first-order valence-electron chi connectivity index (χ1n) is 8.12. The van der Waals surface area contributed by atoms with Gasteiger partial charge < -0.3 is 19.4 Å². The number of benzene rings is 2. The number of rotatable bonds is 5. The molecule has 7 heteroatoms. The molecule has 1 heterocycles. The molecule has 0 atom stereocenters. The van der Waals surface area contributed by atoms with Crippen LogP contribution >= 0.6 is 0 Å². The summed E-state index contributed by atoms with van der Waals surface area (Å²) in [6, 6.07) is 12.2. The van der Waals surface area contributed by atoms with Crippen molar-refractivity contribution in [2.24, 2.45) is 0 Å². The lowest BCUT2D eigenvalue weighted by molar-refractivity contribution is 0.102. The van der Waals surface area contributed by atoms with Gasteiger partial charge in [-0.15, -0.1) is 0 Å². The summed E-state index contributed by atoms with van der Waals surface area (Å²) in [5, 5.41) is 2.69. The Bertz CT molecular complexity index is 1030. The molecule has 3 aromatic rings. The van der Waals surface area contributed by atoms with E-state index in [-0.39, 0.29) is 5.69 Å². The molecule has 0 radical (unpaired) electrons. The molecule has 0 spiro atoms. The van der Waals surface area contributed by atoms with E-state index in [1.54, 1.807) is 24.3 Å². The summed E-state index contributed by atoms with van der Waals surface area (Å²) < 4.78 is 11.9. The van der Waals surface area contributed by atoms with Crippen LogP contribution in [0.2, 0.25) is 0 Å². The molecular formula is C19H19N3O4. The Balaban J connectivity index is 2.00. The Morgan fingerprint density at radius 1 is 1.12 bits per heavy atom. The van der Waals surface area contributed by atoms with Gasteiger partial charge in [0.2, 0.25) is 0 Å². The molecule has 1 N–H and O–H groups in total. The van der Waals surface area contributed by atoms with E-state index in [9.17, 15) is 9.59 Å². The van der Waals surface area contributed by atoms with Crippen LogP contribution in [0.25, 0.3) is 11.0 Å². The van der Waals surface area contributed by atoms with Crippen molar-refractivity contribution >= 4 is 22.6 Å². The highest BCUT2D eigenvalue weighted by molar-refractivity contribution is 6.03. The number of carbonyl (C=O) groups excluding carboxylic acids is 1. The second-order valence-corrected chi connectivity index (χ2v) is 5.52. The van der Waals surface area contributed by atoms with Crippen molar-refractivity contribution in [2.75, 3.05) is 19.5 Å². The van der Waals surface area contributed by atoms with Gasteiger partial charge in [0.1, 0.15) is 0 Å². The summed E-state index contributed by atoms with van der Waals surface area (Å²) in [5.74, 6) is 0.445. The van der Waals surface area contributed by atoms with Crippen molar-refractivity contribution in [2.45, 2.75) is 13.5 Å². The molecule has 0 fully saturated rings. The first-order valence-corrected chi connectivity index (χ1v) is 8.12. The van der Waals surface area contributed by atoms with Crippen LogP contribution in [-0.4, -0.2) is 29.7 Å². The number of methoxy groups -OCH3 is 2. The highest BCUT2D eigenvalue weighted by atomic mass is 16.5. The lowest BCUT2D eigenvalue weighted by Gasteiger charge is -2.12. The minimum absolute atomic E-state index is 0.152. The predicted molar refractivity (Wildman–Crippen MR) is 99.2 cm³/mol. The molecule has 0 bridgehead atoms. The van der Waals surface area contributed by atoms with E-state index in [2.05, 4.69) is 10.3 Å². The number of anilines is 1. The number of carbonyl (C=O) groups is 1. The Labute approximate surface area is 150 Å². The van der Waals surface area contributed by atoms with E-state index in [1.807, 2.05) is 25.1 Å². The van der Waals surface area contributed by atoms with Gasteiger partial charge in [0.05, 0.1) is 25.3 Å². The van der Waals surface area contributed by atoms with E-state index >= 15 is 0 Å². The molecule has 0 aliphatic rings. The van der Waals surface area contributed by atoms with Crippen LogP contribution in [-0.2, 0) is 6.54 Å². The van der Waals surface area contributed by atoms with Gasteiger partial charge >= 0.3 is 0 Å². The SMILES string of the molecule is CCn1c(=O)c(C(=O)Nc2ccc(OC)c(OC)c2)nc2ccccc21. The number of fused-ring (bicyclic) bond motifs is 1. The van der Waals surface area contributed by atoms with Crippen LogP contribution in [0.1, 0.15) is 17.4 Å². The van der Waals surface area contributed by atoms with Gasteiger partial charge in [-0.3, -0.25) is 9.59 Å². The molecule has 2 aromatic carbocycles. The van der Waals surface area contributed by atoms with Crippen molar-refractivity contribution in [3.8, 4) is 11.5 Å². The summed E-state index contributed by atoms with van der Waals surface area (Å²) in [4.78, 5) is 29.6. The van der Waals surface area contributed by atoms with Crippen molar-refractivity contribution in [3.63, 3.8) is 0 Å². The van der Waals surface area contributed by atoms with Crippen LogP contribution in [0.5, 0.6) is 11.5 Å². The molecule has 7 nitrogen and oxygen atoms in total. The molecule has 3 rings (SSSR count). The number of para-hydroxylation sites is 2. The van der Waals surface area contributed by atoms with Crippen LogP contribution in [0, 0.1) is 0 Å². The Hall–Kier alpha value is -3.35. The Morgan fingerprint density at radius 2 is 1.85 bits per heavy atom. The highest BCUT2D eigenvalue weighted by Crippen LogP contribution is 2.29. The average molecular weight is 353 g/mol. The van der Waals surface area contributed by atoms with E-state index in [0.717, 1.165) is 0 Å². The second-order valence-electron chi connectivity index (χ2n) is 5.52. The molecular weight excluding hydrogens is 334 g/mol. The maximum Gasteiger partial charge on any atom is 0.282 e. The normalized spacial score (nSPS) is 10.6. The fourth-order valence-electron chi connectivity index (χ4n) is 2.76. The highest BCUT2D eigenvalue weighted by Gasteiger charge is 2.17. The lowest BCUT2D eigenvalue weighted by Crippen LogP contribution is -2.31. The standard InChI is InChI=1S/C19H19N3O4/c1-4-22-14-8-6-5-7-13(14)21-17(19(22)24)18(23)20-12-9-10-15(25-2)16(11-12)26-3/h5-11H,4H2,1-3H3,(H,20,23). The first kappa shape index (κ1) is 17.5. The van der Waals surface area contributed by atoms with Gasteiger partial charge in [0.15, 0.2) is 17.2 Å². The van der Waals surface area contributed by atoms with Gasteiger partial charge in [-0.05, 0) is 31.2 Å². The Morgan fingerprint density at radius 3 is 2.54 bits per heavy atom. The van der Waals surface area contributed by atoms with Gasteiger partial charge in [-0.25, -0.2) is 4.98 Å². The third-order valence-corrected chi connectivity index (χ3v) is 4.03. The van der Waals surface area contributed by atoms with Gasteiger partial charge in [-0.2, -0.15) is 0 Å². The number of hydrogen-bond donors (Lipinski definition) is 1. The third-order valence-electron chi connectivity index (χ3n) is 4.03. The molecule has 134 valence electrons. The van der Waals surface area contributed by atoms with Crippen LogP contribution in [0.3, 0.4) is 0 Å². The zero-order valence-electron chi connectivity index (χ0n) is 14.8. The minimum Gasteiger partial charge on any atom is -0.493 e.